The van der Waals surface area contributed by atoms with Crippen LogP contribution < -0.4 is 5.73 Å². The molecule has 0 aliphatic rings. The molecule has 1 aromatic carbocycles. The molecule has 2 rings (SSSR count). The molecule has 0 spiro atoms. The van der Waals surface area contributed by atoms with Crippen LogP contribution in [0.1, 0.15) is 23.9 Å². The number of aromatic nitrogens is 1. The molecule has 1 unspecified atom stereocenters. The van der Waals surface area contributed by atoms with Crippen molar-refractivity contribution < 1.29 is 0 Å². The second kappa shape index (κ2) is 5.43. The van der Waals surface area contributed by atoms with Gasteiger partial charge in [-0.25, -0.2) is 4.98 Å². The summed E-state index contributed by atoms with van der Waals surface area (Å²) in [4.78, 5) is 4.65. The molecule has 1 heterocycles. The van der Waals surface area contributed by atoms with Gasteiger partial charge in [0, 0.05) is 23.4 Å². The average molecular weight is 246 g/mol. The Hall–Kier alpha value is -1.19. The van der Waals surface area contributed by atoms with Gasteiger partial charge in [-0.1, -0.05) is 29.8 Å². The summed E-state index contributed by atoms with van der Waals surface area (Å²) in [6, 6.07) is 8.74. The molecule has 1 aromatic heterocycles. The van der Waals surface area contributed by atoms with Crippen LogP contribution in [0.4, 0.5) is 0 Å². The fourth-order valence-electron chi connectivity index (χ4n) is 1.63. The summed E-state index contributed by atoms with van der Waals surface area (Å²) in [6.45, 7) is 4.13. The Morgan fingerprint density at radius 1 is 1.29 bits per heavy atom. The highest BCUT2D eigenvalue weighted by atomic mass is 32.1. The first-order chi connectivity index (χ1) is 8.15. The Labute approximate surface area is 107 Å². The highest BCUT2D eigenvalue weighted by Crippen LogP contribution is 2.23. The lowest BCUT2D eigenvalue weighted by Crippen LogP contribution is -2.15. The minimum Gasteiger partial charge on any atom is -0.328 e. The van der Waals surface area contributed by atoms with Crippen LogP contribution in [0, 0.1) is 6.92 Å². The Morgan fingerprint density at radius 3 is 2.65 bits per heavy atom. The van der Waals surface area contributed by atoms with Crippen LogP contribution in [0.25, 0.3) is 11.3 Å². The maximum atomic E-state index is 5.75. The van der Waals surface area contributed by atoms with E-state index >= 15 is 0 Å². The zero-order valence-corrected chi connectivity index (χ0v) is 11.1. The standard InChI is InChI=1S/C14H18N2S/c1-10-3-6-12(7-4-10)13-9-17-14(16-13)8-5-11(2)15/h3-4,6-7,9,11H,5,8,15H2,1-2H3. The van der Waals surface area contributed by atoms with E-state index in [0.29, 0.717) is 0 Å². The first-order valence-electron chi connectivity index (χ1n) is 5.92. The number of thiazole rings is 1. The fraction of sp³-hybridized carbons (Fsp3) is 0.357. The van der Waals surface area contributed by atoms with E-state index in [0.717, 1.165) is 18.5 Å². The molecule has 90 valence electrons. The van der Waals surface area contributed by atoms with Crippen molar-refractivity contribution in [2.45, 2.75) is 32.7 Å². The van der Waals surface area contributed by atoms with Crippen molar-refractivity contribution >= 4 is 11.3 Å². The predicted molar refractivity (Wildman–Crippen MR) is 74.3 cm³/mol. The number of hydrogen-bond donors (Lipinski definition) is 1. The van der Waals surface area contributed by atoms with Gasteiger partial charge in [-0.05, 0) is 20.3 Å². The Kier molecular flexibility index (Phi) is 3.92. The van der Waals surface area contributed by atoms with Gasteiger partial charge in [0.1, 0.15) is 0 Å². The monoisotopic (exact) mass is 246 g/mol. The first kappa shape index (κ1) is 12.3. The summed E-state index contributed by atoms with van der Waals surface area (Å²) >= 11 is 1.72. The number of benzene rings is 1. The van der Waals surface area contributed by atoms with E-state index < -0.39 is 0 Å². The lowest BCUT2D eigenvalue weighted by molar-refractivity contribution is 0.664. The zero-order valence-electron chi connectivity index (χ0n) is 10.3. The maximum Gasteiger partial charge on any atom is 0.0933 e. The number of hydrogen-bond acceptors (Lipinski definition) is 3. The van der Waals surface area contributed by atoms with Gasteiger partial charge in [-0.15, -0.1) is 11.3 Å². The highest BCUT2D eigenvalue weighted by Gasteiger charge is 2.05. The van der Waals surface area contributed by atoms with Crippen LogP contribution in [-0.2, 0) is 6.42 Å². The molecular formula is C14H18N2S. The second-order valence-corrected chi connectivity index (χ2v) is 5.45. The number of aryl methyl sites for hydroxylation is 2. The van der Waals surface area contributed by atoms with Gasteiger partial charge in [0.2, 0.25) is 0 Å². The summed E-state index contributed by atoms with van der Waals surface area (Å²) in [5.74, 6) is 0. The van der Waals surface area contributed by atoms with E-state index in [9.17, 15) is 0 Å². The van der Waals surface area contributed by atoms with Crippen molar-refractivity contribution in [3.8, 4) is 11.3 Å². The lowest BCUT2D eigenvalue weighted by Gasteiger charge is -2.01. The van der Waals surface area contributed by atoms with E-state index in [1.807, 2.05) is 6.92 Å². The lowest BCUT2D eigenvalue weighted by atomic mass is 10.1. The molecule has 0 fully saturated rings. The largest absolute Gasteiger partial charge is 0.328 e. The van der Waals surface area contributed by atoms with Crippen molar-refractivity contribution in [2.75, 3.05) is 0 Å². The van der Waals surface area contributed by atoms with Gasteiger partial charge >= 0.3 is 0 Å². The quantitative estimate of drug-likeness (QED) is 0.898. The Balaban J connectivity index is 2.10. The van der Waals surface area contributed by atoms with Gasteiger partial charge < -0.3 is 5.73 Å². The Bertz CT molecular complexity index is 471. The summed E-state index contributed by atoms with van der Waals surface area (Å²) in [5.41, 5.74) is 9.30. The van der Waals surface area contributed by atoms with E-state index in [-0.39, 0.29) is 6.04 Å². The molecular weight excluding hydrogens is 228 g/mol. The van der Waals surface area contributed by atoms with Gasteiger partial charge in [0.15, 0.2) is 0 Å². The minimum absolute atomic E-state index is 0.252. The van der Waals surface area contributed by atoms with E-state index in [2.05, 4.69) is 41.6 Å². The van der Waals surface area contributed by atoms with Crippen molar-refractivity contribution in [2.24, 2.45) is 5.73 Å². The van der Waals surface area contributed by atoms with Gasteiger partial charge in [-0.2, -0.15) is 0 Å². The van der Waals surface area contributed by atoms with E-state index in [1.54, 1.807) is 11.3 Å². The topological polar surface area (TPSA) is 38.9 Å². The number of nitrogens with zero attached hydrogens (tertiary/aromatic N) is 1. The van der Waals surface area contributed by atoms with E-state index in [4.69, 9.17) is 5.73 Å². The maximum absolute atomic E-state index is 5.75. The molecule has 2 nitrogen and oxygen atoms in total. The molecule has 0 bridgehead atoms. The second-order valence-electron chi connectivity index (χ2n) is 4.51. The van der Waals surface area contributed by atoms with Crippen molar-refractivity contribution in [1.82, 2.24) is 4.98 Å². The van der Waals surface area contributed by atoms with Gasteiger partial charge in [-0.3, -0.25) is 0 Å². The zero-order chi connectivity index (χ0) is 12.3. The normalized spacial score (nSPS) is 12.6. The molecule has 17 heavy (non-hydrogen) atoms. The summed E-state index contributed by atoms with van der Waals surface area (Å²) in [7, 11) is 0. The third-order valence-corrected chi connectivity index (χ3v) is 3.62. The van der Waals surface area contributed by atoms with Crippen LogP contribution >= 0.6 is 11.3 Å². The minimum atomic E-state index is 0.252. The number of rotatable bonds is 4. The number of nitrogens with two attached hydrogens (primary N) is 1. The van der Waals surface area contributed by atoms with Crippen molar-refractivity contribution in [3.63, 3.8) is 0 Å². The predicted octanol–water partition coefficient (Wildman–Crippen LogP) is 3.40. The van der Waals surface area contributed by atoms with Crippen LogP contribution in [0.2, 0.25) is 0 Å². The summed E-state index contributed by atoms with van der Waals surface area (Å²) in [5, 5.41) is 3.30. The first-order valence-corrected chi connectivity index (χ1v) is 6.80. The van der Waals surface area contributed by atoms with Crippen molar-refractivity contribution in [1.29, 1.82) is 0 Å². The smallest absolute Gasteiger partial charge is 0.0933 e. The highest BCUT2D eigenvalue weighted by molar-refractivity contribution is 7.09. The summed E-state index contributed by atoms with van der Waals surface area (Å²) < 4.78 is 0. The Morgan fingerprint density at radius 2 is 2.00 bits per heavy atom. The van der Waals surface area contributed by atoms with Gasteiger partial charge in [0.25, 0.3) is 0 Å². The molecule has 0 aliphatic carbocycles. The van der Waals surface area contributed by atoms with Crippen LogP contribution in [0.15, 0.2) is 29.6 Å². The SMILES string of the molecule is Cc1ccc(-c2csc(CCC(C)N)n2)cc1. The van der Waals surface area contributed by atoms with Crippen LogP contribution in [0.3, 0.4) is 0 Å². The van der Waals surface area contributed by atoms with Crippen molar-refractivity contribution in [3.05, 3.63) is 40.2 Å². The van der Waals surface area contributed by atoms with E-state index in [1.165, 1.54) is 16.1 Å². The third-order valence-electron chi connectivity index (χ3n) is 2.71. The molecule has 3 heteroatoms. The molecule has 0 aliphatic heterocycles. The molecule has 0 radical (unpaired) electrons. The average Bonchev–Trinajstić information content (AvgIpc) is 2.76. The molecule has 1 atom stereocenters. The molecule has 2 aromatic rings. The molecule has 2 N–H and O–H groups in total. The summed E-state index contributed by atoms with van der Waals surface area (Å²) in [6.07, 6.45) is 1.98. The molecule has 0 saturated carbocycles. The third kappa shape index (κ3) is 3.38. The molecule has 0 amide bonds. The van der Waals surface area contributed by atoms with Gasteiger partial charge in [0.05, 0.1) is 10.7 Å². The fourth-order valence-corrected chi connectivity index (χ4v) is 2.46. The van der Waals surface area contributed by atoms with Crippen LogP contribution in [0.5, 0.6) is 0 Å². The molecule has 0 saturated heterocycles. The van der Waals surface area contributed by atoms with Crippen LogP contribution in [-0.4, -0.2) is 11.0 Å².